The molecule has 1 rings (SSSR count). The number of rotatable bonds is 1. The SMILES string of the molecule is O=C(O)c1cc(S)cc(Cl)c1. The Kier molecular flexibility index (Phi) is 2.42. The highest BCUT2D eigenvalue weighted by atomic mass is 35.5. The van der Waals surface area contributed by atoms with Crippen LogP contribution < -0.4 is 0 Å². The van der Waals surface area contributed by atoms with Crippen LogP contribution in [0.1, 0.15) is 10.4 Å². The van der Waals surface area contributed by atoms with E-state index < -0.39 is 5.97 Å². The summed E-state index contributed by atoms with van der Waals surface area (Å²) in [7, 11) is 0. The third-order valence-corrected chi connectivity index (χ3v) is 1.61. The summed E-state index contributed by atoms with van der Waals surface area (Å²) >= 11 is 9.55. The number of benzene rings is 1. The van der Waals surface area contributed by atoms with Gasteiger partial charge in [-0.3, -0.25) is 0 Å². The summed E-state index contributed by atoms with van der Waals surface area (Å²) in [5.41, 5.74) is 0.155. The van der Waals surface area contributed by atoms with E-state index in [0.29, 0.717) is 9.92 Å². The van der Waals surface area contributed by atoms with Crippen molar-refractivity contribution in [1.82, 2.24) is 0 Å². The highest BCUT2D eigenvalue weighted by Gasteiger charge is 2.03. The van der Waals surface area contributed by atoms with Gasteiger partial charge in [-0.15, -0.1) is 12.6 Å². The average molecular weight is 189 g/mol. The number of thiol groups is 1. The van der Waals surface area contributed by atoms with Gasteiger partial charge < -0.3 is 5.11 Å². The summed E-state index contributed by atoms with van der Waals surface area (Å²) in [5, 5.41) is 8.93. The minimum Gasteiger partial charge on any atom is -0.478 e. The molecule has 0 fully saturated rings. The zero-order chi connectivity index (χ0) is 8.43. The highest BCUT2D eigenvalue weighted by Crippen LogP contribution is 2.17. The average Bonchev–Trinajstić information content (AvgIpc) is 1.85. The molecule has 0 radical (unpaired) electrons. The number of hydrogen-bond acceptors (Lipinski definition) is 2. The summed E-state index contributed by atoms with van der Waals surface area (Å²) < 4.78 is 0. The molecule has 0 aliphatic carbocycles. The van der Waals surface area contributed by atoms with Gasteiger partial charge in [0.05, 0.1) is 5.56 Å². The normalized spacial score (nSPS) is 9.64. The van der Waals surface area contributed by atoms with Crippen LogP contribution in [0.2, 0.25) is 5.02 Å². The monoisotopic (exact) mass is 188 g/mol. The Morgan fingerprint density at radius 2 is 2.09 bits per heavy atom. The molecule has 0 aliphatic heterocycles. The lowest BCUT2D eigenvalue weighted by atomic mass is 10.2. The van der Waals surface area contributed by atoms with Gasteiger partial charge in [0.25, 0.3) is 0 Å². The second-order valence-electron chi connectivity index (χ2n) is 2.00. The van der Waals surface area contributed by atoms with E-state index in [1.807, 2.05) is 0 Å². The van der Waals surface area contributed by atoms with Crippen LogP contribution in [0, 0.1) is 0 Å². The molecule has 0 bridgehead atoms. The van der Waals surface area contributed by atoms with Gasteiger partial charge in [-0.25, -0.2) is 4.79 Å². The quantitative estimate of drug-likeness (QED) is 0.664. The van der Waals surface area contributed by atoms with E-state index in [0.717, 1.165) is 0 Å². The van der Waals surface area contributed by atoms with Crippen LogP contribution >= 0.6 is 24.2 Å². The van der Waals surface area contributed by atoms with E-state index in [1.54, 1.807) is 6.07 Å². The van der Waals surface area contributed by atoms with Crippen LogP contribution in [0.25, 0.3) is 0 Å². The Bertz CT molecular complexity index is 278. The minimum absolute atomic E-state index is 0.155. The van der Waals surface area contributed by atoms with Gasteiger partial charge in [0.1, 0.15) is 0 Å². The van der Waals surface area contributed by atoms with E-state index >= 15 is 0 Å². The van der Waals surface area contributed by atoms with Gasteiger partial charge in [0.15, 0.2) is 0 Å². The predicted molar refractivity (Wildman–Crippen MR) is 45.7 cm³/mol. The molecule has 1 aromatic carbocycles. The zero-order valence-corrected chi connectivity index (χ0v) is 7.06. The lowest BCUT2D eigenvalue weighted by molar-refractivity contribution is 0.0696. The standard InChI is InChI=1S/C7H5ClO2S/c8-5-1-4(7(9)10)2-6(11)3-5/h1-3,11H,(H,9,10). The maximum Gasteiger partial charge on any atom is 0.335 e. The molecule has 11 heavy (non-hydrogen) atoms. The Balaban J connectivity index is 3.19. The van der Waals surface area contributed by atoms with Gasteiger partial charge in [0, 0.05) is 9.92 Å². The first-order chi connectivity index (χ1) is 5.09. The van der Waals surface area contributed by atoms with Gasteiger partial charge in [-0.1, -0.05) is 11.6 Å². The van der Waals surface area contributed by atoms with Gasteiger partial charge >= 0.3 is 5.97 Å². The molecule has 0 saturated heterocycles. The maximum absolute atomic E-state index is 10.4. The predicted octanol–water partition coefficient (Wildman–Crippen LogP) is 2.33. The Labute approximate surface area is 74.2 Å². The molecule has 0 unspecified atom stereocenters. The van der Waals surface area contributed by atoms with E-state index in [1.165, 1.54) is 12.1 Å². The molecule has 0 aromatic heterocycles. The second-order valence-corrected chi connectivity index (χ2v) is 2.96. The lowest BCUT2D eigenvalue weighted by Crippen LogP contribution is -1.95. The van der Waals surface area contributed by atoms with Crippen molar-refractivity contribution in [3.8, 4) is 0 Å². The molecule has 1 N–H and O–H groups in total. The number of halogens is 1. The molecule has 0 saturated carbocycles. The molecule has 0 aliphatic rings. The summed E-state index contributed by atoms with van der Waals surface area (Å²) in [4.78, 5) is 11.0. The van der Waals surface area contributed by atoms with Crippen molar-refractivity contribution in [3.63, 3.8) is 0 Å². The molecule has 0 heterocycles. The van der Waals surface area contributed by atoms with Crippen molar-refractivity contribution in [1.29, 1.82) is 0 Å². The van der Waals surface area contributed by atoms with Crippen molar-refractivity contribution in [2.45, 2.75) is 4.90 Å². The molecule has 1 aromatic rings. The fraction of sp³-hybridized carbons (Fsp3) is 0. The third kappa shape index (κ3) is 2.13. The van der Waals surface area contributed by atoms with Crippen LogP contribution in [0.4, 0.5) is 0 Å². The summed E-state index contributed by atoms with van der Waals surface area (Å²) in [5.74, 6) is -0.997. The Morgan fingerprint density at radius 3 is 2.55 bits per heavy atom. The van der Waals surface area contributed by atoms with Crippen LogP contribution in [-0.4, -0.2) is 11.1 Å². The minimum atomic E-state index is -0.997. The first kappa shape index (κ1) is 8.43. The summed E-state index contributed by atoms with van der Waals surface area (Å²) in [6.45, 7) is 0. The van der Waals surface area contributed by atoms with Crippen molar-refractivity contribution in [2.24, 2.45) is 0 Å². The fourth-order valence-electron chi connectivity index (χ4n) is 0.698. The van der Waals surface area contributed by atoms with Crippen LogP contribution in [-0.2, 0) is 0 Å². The van der Waals surface area contributed by atoms with Crippen molar-refractivity contribution < 1.29 is 9.90 Å². The van der Waals surface area contributed by atoms with Crippen molar-refractivity contribution >= 4 is 30.2 Å². The van der Waals surface area contributed by atoms with Crippen LogP contribution in [0.3, 0.4) is 0 Å². The molecule has 0 spiro atoms. The fourth-order valence-corrected chi connectivity index (χ4v) is 1.29. The molecule has 0 atom stereocenters. The van der Waals surface area contributed by atoms with Gasteiger partial charge in [-0.05, 0) is 18.2 Å². The Morgan fingerprint density at radius 1 is 1.45 bits per heavy atom. The number of carboxylic acid groups (broad SMARTS) is 1. The van der Waals surface area contributed by atoms with E-state index in [-0.39, 0.29) is 5.56 Å². The number of carboxylic acids is 1. The highest BCUT2D eigenvalue weighted by molar-refractivity contribution is 7.80. The second kappa shape index (κ2) is 3.15. The molecule has 4 heteroatoms. The molecule has 0 amide bonds. The largest absolute Gasteiger partial charge is 0.478 e. The van der Waals surface area contributed by atoms with E-state index in [2.05, 4.69) is 12.6 Å². The van der Waals surface area contributed by atoms with Crippen molar-refractivity contribution in [3.05, 3.63) is 28.8 Å². The van der Waals surface area contributed by atoms with Gasteiger partial charge in [0.2, 0.25) is 0 Å². The summed E-state index contributed by atoms with van der Waals surface area (Å²) in [6.07, 6.45) is 0. The third-order valence-electron chi connectivity index (χ3n) is 1.13. The van der Waals surface area contributed by atoms with Crippen molar-refractivity contribution in [2.75, 3.05) is 0 Å². The summed E-state index contributed by atoms with van der Waals surface area (Å²) in [6, 6.07) is 4.40. The van der Waals surface area contributed by atoms with Crippen LogP contribution in [0.15, 0.2) is 23.1 Å². The molecule has 58 valence electrons. The Hall–Kier alpha value is -0.670. The lowest BCUT2D eigenvalue weighted by Gasteiger charge is -1.96. The molecular formula is C7H5ClO2S. The zero-order valence-electron chi connectivity index (χ0n) is 5.41. The molecular weight excluding hydrogens is 184 g/mol. The maximum atomic E-state index is 10.4. The molecule has 2 nitrogen and oxygen atoms in total. The van der Waals surface area contributed by atoms with E-state index in [9.17, 15) is 4.79 Å². The van der Waals surface area contributed by atoms with Crippen LogP contribution in [0.5, 0.6) is 0 Å². The van der Waals surface area contributed by atoms with Gasteiger partial charge in [-0.2, -0.15) is 0 Å². The first-order valence-electron chi connectivity index (χ1n) is 2.82. The number of hydrogen-bond donors (Lipinski definition) is 2. The topological polar surface area (TPSA) is 37.3 Å². The first-order valence-corrected chi connectivity index (χ1v) is 3.65. The number of carbonyl (C=O) groups is 1. The van der Waals surface area contributed by atoms with E-state index in [4.69, 9.17) is 16.7 Å². The smallest absolute Gasteiger partial charge is 0.335 e. The number of aromatic carboxylic acids is 1.